The quantitative estimate of drug-likeness (QED) is 0.418. The zero-order valence-corrected chi connectivity index (χ0v) is 19.3. The van der Waals surface area contributed by atoms with Crippen LogP contribution in [-0.4, -0.2) is 47.0 Å². The molecule has 0 radical (unpaired) electrons. The summed E-state index contributed by atoms with van der Waals surface area (Å²) in [7, 11) is 4.89. The van der Waals surface area contributed by atoms with Crippen LogP contribution < -0.4 is 9.47 Å². The van der Waals surface area contributed by atoms with Gasteiger partial charge in [0, 0.05) is 30.9 Å². The lowest BCUT2D eigenvalue weighted by Gasteiger charge is -2.16. The number of ether oxygens (including phenoxy) is 2. The third-order valence-electron chi connectivity index (χ3n) is 5.59. The van der Waals surface area contributed by atoms with Gasteiger partial charge in [0.2, 0.25) is 0 Å². The van der Waals surface area contributed by atoms with Gasteiger partial charge in [0.05, 0.1) is 31.2 Å². The maximum atomic E-state index is 13.1. The van der Waals surface area contributed by atoms with Crippen molar-refractivity contribution in [3.05, 3.63) is 77.2 Å². The van der Waals surface area contributed by atoms with Gasteiger partial charge in [0.15, 0.2) is 11.5 Å². The van der Waals surface area contributed by atoms with Crippen molar-refractivity contribution in [1.82, 2.24) is 19.8 Å². The van der Waals surface area contributed by atoms with E-state index in [1.165, 1.54) is 0 Å². The lowest BCUT2D eigenvalue weighted by Crippen LogP contribution is -2.27. The number of methoxy groups -OCH3 is 2. The van der Waals surface area contributed by atoms with E-state index >= 15 is 0 Å². The summed E-state index contributed by atoms with van der Waals surface area (Å²) in [6.07, 6.45) is 0. The van der Waals surface area contributed by atoms with Crippen LogP contribution in [0.5, 0.6) is 11.5 Å². The van der Waals surface area contributed by atoms with E-state index in [9.17, 15) is 4.79 Å². The van der Waals surface area contributed by atoms with Crippen LogP contribution in [0.1, 0.15) is 27.4 Å². The van der Waals surface area contributed by atoms with Gasteiger partial charge in [-0.3, -0.25) is 4.79 Å². The third kappa shape index (κ3) is 4.32. The van der Waals surface area contributed by atoms with Gasteiger partial charge in [-0.05, 0) is 44.2 Å². The third-order valence-corrected chi connectivity index (χ3v) is 5.59. The number of para-hydroxylation sites is 1. The zero-order chi connectivity index (χ0) is 23.5. The van der Waals surface area contributed by atoms with Crippen LogP contribution in [0.2, 0.25) is 0 Å². The molecule has 0 N–H and O–H groups in total. The summed E-state index contributed by atoms with van der Waals surface area (Å²) in [5.74, 6) is 1.41. The van der Waals surface area contributed by atoms with Gasteiger partial charge in [-0.1, -0.05) is 23.4 Å². The molecule has 4 aromatic rings. The monoisotopic (exact) mass is 446 g/mol. The molecule has 0 unspecified atom stereocenters. The van der Waals surface area contributed by atoms with Gasteiger partial charge in [0.25, 0.3) is 5.91 Å². The van der Waals surface area contributed by atoms with Crippen LogP contribution in [0.25, 0.3) is 17.0 Å². The molecule has 0 saturated carbocycles. The summed E-state index contributed by atoms with van der Waals surface area (Å²) in [5.41, 5.74) is 4.70. The number of carbonyl (C=O) groups is 1. The minimum atomic E-state index is -0.252. The molecule has 8 heteroatoms. The Bertz CT molecular complexity index is 1280. The fourth-order valence-electron chi connectivity index (χ4n) is 3.74. The average Bonchev–Trinajstić information content (AvgIpc) is 3.44. The first-order valence-corrected chi connectivity index (χ1v) is 10.5. The Morgan fingerprint density at radius 1 is 1.06 bits per heavy atom. The number of carbonyl (C=O) groups excluding carboxylic acids is 1. The van der Waals surface area contributed by atoms with Gasteiger partial charge in [0.1, 0.15) is 11.5 Å². The molecule has 33 heavy (non-hydrogen) atoms. The van der Waals surface area contributed by atoms with E-state index in [4.69, 9.17) is 14.0 Å². The fourth-order valence-corrected chi connectivity index (χ4v) is 3.74. The van der Waals surface area contributed by atoms with Gasteiger partial charge in [-0.2, -0.15) is 5.10 Å². The lowest BCUT2D eigenvalue weighted by molar-refractivity contribution is 0.0774. The second-order valence-electron chi connectivity index (χ2n) is 7.70. The Hall–Kier alpha value is -4.07. The Morgan fingerprint density at radius 2 is 1.82 bits per heavy atom. The highest BCUT2D eigenvalue weighted by Crippen LogP contribution is 2.34. The molecule has 170 valence electrons. The van der Waals surface area contributed by atoms with E-state index in [-0.39, 0.29) is 11.6 Å². The number of hydrogen-bond acceptors (Lipinski definition) is 6. The minimum Gasteiger partial charge on any atom is -0.497 e. The van der Waals surface area contributed by atoms with Crippen molar-refractivity contribution < 1.29 is 18.8 Å². The molecule has 0 atom stereocenters. The number of amides is 1. The summed E-state index contributed by atoms with van der Waals surface area (Å²) in [6, 6.07) is 16.9. The molecule has 0 aliphatic heterocycles. The summed E-state index contributed by atoms with van der Waals surface area (Å²) < 4.78 is 18.1. The van der Waals surface area contributed by atoms with Crippen LogP contribution >= 0.6 is 0 Å². The fraction of sp³-hybridized carbons (Fsp3) is 0.240. The van der Waals surface area contributed by atoms with Crippen molar-refractivity contribution in [2.75, 3.05) is 21.3 Å². The largest absolute Gasteiger partial charge is 0.497 e. The molecule has 0 bridgehead atoms. The van der Waals surface area contributed by atoms with Gasteiger partial charge in [-0.25, -0.2) is 4.68 Å². The highest BCUT2D eigenvalue weighted by Gasteiger charge is 2.22. The normalized spacial score (nSPS) is 10.8. The highest BCUT2D eigenvalue weighted by atomic mass is 16.5. The number of nitrogens with zero attached hydrogens (tertiary/aromatic N) is 4. The molecule has 2 aromatic carbocycles. The number of aryl methyl sites for hydroxylation is 1. The van der Waals surface area contributed by atoms with Crippen LogP contribution in [0.15, 0.2) is 59.1 Å². The smallest absolute Gasteiger partial charge is 0.276 e. The molecular weight excluding hydrogens is 420 g/mol. The molecule has 0 aliphatic carbocycles. The van der Waals surface area contributed by atoms with E-state index in [0.29, 0.717) is 29.4 Å². The molecule has 0 spiro atoms. The Kier molecular flexibility index (Phi) is 6.17. The number of rotatable bonds is 7. The van der Waals surface area contributed by atoms with E-state index in [1.807, 2.05) is 48.9 Å². The Morgan fingerprint density at radius 3 is 2.52 bits per heavy atom. The van der Waals surface area contributed by atoms with Gasteiger partial charge < -0.3 is 18.9 Å². The van der Waals surface area contributed by atoms with Crippen LogP contribution in [0.4, 0.5) is 0 Å². The van der Waals surface area contributed by atoms with Crippen LogP contribution in [0.3, 0.4) is 0 Å². The average molecular weight is 447 g/mol. The zero-order valence-electron chi connectivity index (χ0n) is 19.3. The summed E-state index contributed by atoms with van der Waals surface area (Å²) in [5, 5.41) is 8.66. The standard InChI is InChI=1S/C25H26N4O4/c1-16-21(17(2)29(26-16)18-9-7-6-8-10-18)15-28(3)25(30)22-14-24(33-27-22)20-13-19(31-4)11-12-23(20)32-5/h6-14H,15H2,1-5H3. The Labute approximate surface area is 192 Å². The molecule has 1 amide bonds. The maximum absolute atomic E-state index is 13.1. The molecule has 0 aliphatic rings. The minimum absolute atomic E-state index is 0.211. The van der Waals surface area contributed by atoms with Crippen molar-refractivity contribution in [2.24, 2.45) is 0 Å². The Balaban J connectivity index is 1.56. The second-order valence-corrected chi connectivity index (χ2v) is 7.70. The van der Waals surface area contributed by atoms with Gasteiger partial charge in [-0.15, -0.1) is 0 Å². The molecule has 0 saturated heterocycles. The van der Waals surface area contributed by atoms with Crippen molar-refractivity contribution in [3.8, 4) is 28.5 Å². The number of hydrogen-bond donors (Lipinski definition) is 0. The number of benzene rings is 2. The predicted octanol–water partition coefficient (Wildman–Crippen LogP) is 4.43. The van der Waals surface area contributed by atoms with Crippen LogP contribution in [-0.2, 0) is 6.54 Å². The molecule has 2 heterocycles. The predicted molar refractivity (Wildman–Crippen MR) is 124 cm³/mol. The van der Waals surface area contributed by atoms with E-state index in [2.05, 4.69) is 10.3 Å². The first kappa shape index (κ1) is 22.1. The number of aromatic nitrogens is 3. The first-order chi connectivity index (χ1) is 15.9. The summed E-state index contributed by atoms with van der Waals surface area (Å²) >= 11 is 0. The highest BCUT2D eigenvalue weighted by molar-refractivity contribution is 5.93. The molecule has 4 rings (SSSR count). The lowest BCUT2D eigenvalue weighted by atomic mass is 10.1. The molecule has 0 fully saturated rings. The van der Waals surface area contributed by atoms with E-state index in [0.717, 1.165) is 22.6 Å². The van der Waals surface area contributed by atoms with Crippen molar-refractivity contribution in [1.29, 1.82) is 0 Å². The first-order valence-electron chi connectivity index (χ1n) is 10.5. The summed E-state index contributed by atoms with van der Waals surface area (Å²) in [4.78, 5) is 14.7. The van der Waals surface area contributed by atoms with Crippen molar-refractivity contribution in [2.45, 2.75) is 20.4 Å². The molecular formula is C25H26N4O4. The molecule has 2 aromatic heterocycles. The second kappa shape index (κ2) is 9.20. The molecule has 8 nitrogen and oxygen atoms in total. The van der Waals surface area contributed by atoms with Gasteiger partial charge >= 0.3 is 0 Å². The van der Waals surface area contributed by atoms with E-state index < -0.39 is 0 Å². The van der Waals surface area contributed by atoms with Crippen molar-refractivity contribution >= 4 is 5.91 Å². The summed E-state index contributed by atoms with van der Waals surface area (Å²) in [6.45, 7) is 4.35. The maximum Gasteiger partial charge on any atom is 0.276 e. The van der Waals surface area contributed by atoms with Crippen molar-refractivity contribution in [3.63, 3.8) is 0 Å². The topological polar surface area (TPSA) is 82.6 Å². The SMILES string of the molecule is COc1ccc(OC)c(-c2cc(C(=O)N(C)Cc3c(C)nn(-c4ccccc4)c3C)no2)c1. The van der Waals surface area contributed by atoms with E-state index in [1.54, 1.807) is 50.4 Å². The van der Waals surface area contributed by atoms with Crippen LogP contribution in [0, 0.1) is 13.8 Å².